The van der Waals surface area contributed by atoms with E-state index in [0.717, 1.165) is 36.9 Å². The van der Waals surface area contributed by atoms with Crippen LogP contribution < -0.4 is 10.6 Å². The van der Waals surface area contributed by atoms with E-state index in [2.05, 4.69) is 10.6 Å². The molecule has 0 spiro atoms. The molecule has 1 saturated heterocycles. The zero-order valence-corrected chi connectivity index (χ0v) is 11.9. The summed E-state index contributed by atoms with van der Waals surface area (Å²) in [6.07, 6.45) is 2.72. The Labute approximate surface area is 119 Å². The van der Waals surface area contributed by atoms with E-state index in [1.165, 1.54) is 12.1 Å². The molecule has 0 saturated carbocycles. The van der Waals surface area contributed by atoms with Gasteiger partial charge in [0.15, 0.2) is 0 Å². The first-order chi connectivity index (χ1) is 8.66. The molecule has 19 heavy (non-hydrogen) atoms. The normalized spacial score (nSPS) is 17.9. The Morgan fingerprint density at radius 2 is 2.32 bits per heavy atom. The Bertz CT molecular complexity index is 433. The van der Waals surface area contributed by atoms with E-state index in [1.807, 2.05) is 6.92 Å². The average Bonchev–Trinajstić information content (AvgIpc) is 2.85. The third-order valence-corrected chi connectivity index (χ3v) is 3.38. The molecule has 1 aliphatic rings. The lowest BCUT2D eigenvalue weighted by atomic mass is 10.1. The first-order valence-corrected chi connectivity index (χ1v) is 6.43. The van der Waals surface area contributed by atoms with E-state index >= 15 is 0 Å². The minimum absolute atomic E-state index is 0. The number of hydrogen-bond acceptors (Lipinski definition) is 2. The Morgan fingerprint density at radius 1 is 1.53 bits per heavy atom. The summed E-state index contributed by atoms with van der Waals surface area (Å²) in [5.74, 6) is -0.136. The number of carbonyl (C=O) groups excluding carboxylic acids is 1. The number of hydrogen-bond donors (Lipinski definition) is 2. The van der Waals surface area contributed by atoms with Crippen molar-refractivity contribution in [1.82, 2.24) is 10.6 Å². The average molecular weight is 287 g/mol. The zero-order chi connectivity index (χ0) is 13.0. The van der Waals surface area contributed by atoms with Crippen molar-refractivity contribution in [3.63, 3.8) is 0 Å². The summed E-state index contributed by atoms with van der Waals surface area (Å²) in [5.41, 5.74) is 2.01. The van der Waals surface area contributed by atoms with Crippen molar-refractivity contribution in [1.29, 1.82) is 0 Å². The maximum absolute atomic E-state index is 12.9. The van der Waals surface area contributed by atoms with Crippen LogP contribution in [0.25, 0.3) is 0 Å². The van der Waals surface area contributed by atoms with Gasteiger partial charge in [-0.2, -0.15) is 0 Å². The van der Waals surface area contributed by atoms with Gasteiger partial charge < -0.3 is 10.6 Å². The third kappa shape index (κ3) is 4.48. The highest BCUT2D eigenvalue weighted by atomic mass is 35.5. The number of amides is 1. The van der Waals surface area contributed by atoms with Crippen molar-refractivity contribution in [3.05, 3.63) is 35.1 Å². The maximum atomic E-state index is 12.9. The van der Waals surface area contributed by atoms with Crippen molar-refractivity contribution >= 4 is 18.3 Å². The minimum Gasteiger partial charge on any atom is -0.354 e. The van der Waals surface area contributed by atoms with Crippen LogP contribution >= 0.6 is 12.4 Å². The molecular formula is C14H20ClFN2O. The summed E-state index contributed by atoms with van der Waals surface area (Å²) >= 11 is 0. The smallest absolute Gasteiger partial charge is 0.237 e. The number of rotatable bonds is 4. The highest BCUT2D eigenvalue weighted by molar-refractivity contribution is 5.85. The molecule has 1 unspecified atom stereocenters. The van der Waals surface area contributed by atoms with Gasteiger partial charge in [0.1, 0.15) is 5.82 Å². The molecule has 1 heterocycles. The molecule has 1 fully saturated rings. The van der Waals surface area contributed by atoms with Gasteiger partial charge in [0.2, 0.25) is 5.91 Å². The highest BCUT2D eigenvalue weighted by Crippen LogP contribution is 2.10. The van der Waals surface area contributed by atoms with Gasteiger partial charge in [0.25, 0.3) is 0 Å². The molecule has 2 N–H and O–H groups in total. The fourth-order valence-electron chi connectivity index (χ4n) is 2.29. The van der Waals surface area contributed by atoms with E-state index in [0.29, 0.717) is 6.54 Å². The van der Waals surface area contributed by atoms with Gasteiger partial charge >= 0.3 is 0 Å². The fraction of sp³-hybridized carbons (Fsp3) is 0.500. The summed E-state index contributed by atoms with van der Waals surface area (Å²) in [7, 11) is 0. The molecular weight excluding hydrogens is 267 g/mol. The SMILES string of the molecule is Cc1cc(F)ccc1CCNC(=O)C1CCCN1.Cl. The molecule has 1 aromatic carbocycles. The van der Waals surface area contributed by atoms with Gasteiger partial charge in [-0.25, -0.2) is 4.39 Å². The van der Waals surface area contributed by atoms with E-state index in [1.54, 1.807) is 6.07 Å². The second-order valence-electron chi connectivity index (χ2n) is 4.76. The molecule has 3 nitrogen and oxygen atoms in total. The number of halogens is 2. The Morgan fingerprint density at radius 3 is 2.95 bits per heavy atom. The summed E-state index contributed by atoms with van der Waals surface area (Å²) in [5, 5.41) is 6.08. The number of benzene rings is 1. The molecule has 0 aromatic heterocycles. The van der Waals surface area contributed by atoms with Gasteiger partial charge in [-0.1, -0.05) is 6.07 Å². The Hall–Kier alpha value is -1.13. The number of aryl methyl sites for hydroxylation is 1. The molecule has 0 bridgehead atoms. The quantitative estimate of drug-likeness (QED) is 0.888. The topological polar surface area (TPSA) is 41.1 Å². The monoisotopic (exact) mass is 286 g/mol. The van der Waals surface area contributed by atoms with Crippen LogP contribution in [0.3, 0.4) is 0 Å². The van der Waals surface area contributed by atoms with Gasteiger partial charge in [0, 0.05) is 6.54 Å². The summed E-state index contributed by atoms with van der Waals surface area (Å²) in [6.45, 7) is 3.41. The second-order valence-corrected chi connectivity index (χ2v) is 4.76. The second kappa shape index (κ2) is 7.46. The summed E-state index contributed by atoms with van der Waals surface area (Å²) in [4.78, 5) is 11.7. The van der Waals surface area contributed by atoms with Crippen LogP contribution in [0.2, 0.25) is 0 Å². The van der Waals surface area contributed by atoms with E-state index in [-0.39, 0.29) is 30.2 Å². The van der Waals surface area contributed by atoms with Crippen LogP contribution in [0.5, 0.6) is 0 Å². The molecule has 1 aliphatic heterocycles. The molecule has 1 atom stereocenters. The van der Waals surface area contributed by atoms with Crippen molar-refractivity contribution in [2.45, 2.75) is 32.2 Å². The van der Waals surface area contributed by atoms with E-state index in [9.17, 15) is 9.18 Å². The zero-order valence-electron chi connectivity index (χ0n) is 11.0. The molecule has 2 rings (SSSR count). The van der Waals surface area contributed by atoms with Crippen LogP contribution in [0.4, 0.5) is 4.39 Å². The van der Waals surface area contributed by atoms with Crippen LogP contribution in [-0.2, 0) is 11.2 Å². The fourth-order valence-corrected chi connectivity index (χ4v) is 2.29. The van der Waals surface area contributed by atoms with Gasteiger partial charge in [-0.3, -0.25) is 4.79 Å². The largest absolute Gasteiger partial charge is 0.354 e. The van der Waals surface area contributed by atoms with Gasteiger partial charge in [-0.05, 0) is 56.0 Å². The Kier molecular flexibility index (Phi) is 6.25. The predicted octanol–water partition coefficient (Wildman–Crippen LogP) is 1.97. The summed E-state index contributed by atoms with van der Waals surface area (Å²) < 4.78 is 12.9. The first-order valence-electron chi connectivity index (χ1n) is 6.43. The van der Waals surface area contributed by atoms with Crippen LogP contribution in [-0.4, -0.2) is 25.0 Å². The molecule has 106 valence electrons. The Balaban J connectivity index is 0.00000180. The molecule has 5 heteroatoms. The first kappa shape index (κ1) is 15.9. The van der Waals surface area contributed by atoms with Crippen LogP contribution in [0.1, 0.15) is 24.0 Å². The minimum atomic E-state index is -0.213. The number of carbonyl (C=O) groups is 1. The van der Waals surface area contributed by atoms with Crippen LogP contribution in [0.15, 0.2) is 18.2 Å². The van der Waals surface area contributed by atoms with E-state index < -0.39 is 0 Å². The maximum Gasteiger partial charge on any atom is 0.237 e. The lowest BCUT2D eigenvalue weighted by Crippen LogP contribution is -2.41. The molecule has 1 aromatic rings. The van der Waals surface area contributed by atoms with Crippen molar-refractivity contribution in [3.8, 4) is 0 Å². The lowest BCUT2D eigenvalue weighted by molar-refractivity contribution is -0.122. The standard InChI is InChI=1S/C14H19FN2O.ClH/c1-10-9-12(15)5-4-11(10)6-8-17-14(18)13-3-2-7-16-13;/h4-5,9,13,16H,2-3,6-8H2,1H3,(H,17,18);1H. The van der Waals surface area contributed by atoms with Crippen molar-refractivity contribution in [2.24, 2.45) is 0 Å². The number of nitrogens with one attached hydrogen (secondary N) is 2. The predicted molar refractivity (Wildman–Crippen MR) is 76.1 cm³/mol. The van der Waals surface area contributed by atoms with Crippen LogP contribution in [0, 0.1) is 12.7 Å². The van der Waals surface area contributed by atoms with Crippen molar-refractivity contribution in [2.75, 3.05) is 13.1 Å². The summed E-state index contributed by atoms with van der Waals surface area (Å²) in [6, 6.07) is 4.74. The third-order valence-electron chi connectivity index (χ3n) is 3.38. The lowest BCUT2D eigenvalue weighted by Gasteiger charge is -2.11. The molecule has 1 amide bonds. The molecule has 0 radical (unpaired) electrons. The van der Waals surface area contributed by atoms with Crippen molar-refractivity contribution < 1.29 is 9.18 Å². The van der Waals surface area contributed by atoms with Gasteiger partial charge in [0.05, 0.1) is 6.04 Å². The highest BCUT2D eigenvalue weighted by Gasteiger charge is 2.21. The molecule has 0 aliphatic carbocycles. The van der Waals surface area contributed by atoms with E-state index in [4.69, 9.17) is 0 Å². The van der Waals surface area contributed by atoms with Gasteiger partial charge in [-0.15, -0.1) is 12.4 Å².